The van der Waals surface area contributed by atoms with Gasteiger partial charge in [-0.2, -0.15) is 0 Å². The van der Waals surface area contributed by atoms with Crippen LogP contribution in [0.25, 0.3) is 10.8 Å². The third kappa shape index (κ3) is 5.06. The Balaban J connectivity index is 1.60. The highest BCUT2D eigenvalue weighted by Crippen LogP contribution is 2.37. The number of nitrogens with zero attached hydrogens (tertiary/aromatic N) is 2. The Bertz CT molecular complexity index is 1220. The maximum absolute atomic E-state index is 13.7. The molecular weight excluding hydrogens is 438 g/mol. The smallest absolute Gasteiger partial charge is 0.259 e. The van der Waals surface area contributed by atoms with Crippen LogP contribution in [-0.4, -0.2) is 47.8 Å². The molecule has 1 aliphatic rings. The number of benzene rings is 3. The van der Waals surface area contributed by atoms with E-state index in [9.17, 15) is 14.4 Å². The third-order valence-corrected chi connectivity index (χ3v) is 6.81. The van der Waals surface area contributed by atoms with Gasteiger partial charge in [-0.05, 0) is 49.3 Å². The van der Waals surface area contributed by atoms with Gasteiger partial charge in [-0.15, -0.1) is 0 Å². The highest BCUT2D eigenvalue weighted by Gasteiger charge is 2.35. The van der Waals surface area contributed by atoms with E-state index in [1.807, 2.05) is 81.4 Å². The predicted octanol–water partition coefficient (Wildman–Crippen LogP) is 4.56. The van der Waals surface area contributed by atoms with Crippen molar-refractivity contribution >= 4 is 34.2 Å². The van der Waals surface area contributed by atoms with Crippen LogP contribution in [-0.2, 0) is 16.0 Å². The standard InChI is InChI=1S/C29H33N3O3/c1-4-20(3)30-28(34)24(5-2)31(18-17-21-11-7-6-8-12-21)26(33)19-32-25-16-10-14-22-13-9-15-23(27(22)25)29(32)35/h6-16,20,24H,4-5,17-19H2,1-3H3,(H,30,34)/t20-,24+/m0/s1. The van der Waals surface area contributed by atoms with Gasteiger partial charge >= 0.3 is 0 Å². The first kappa shape index (κ1) is 24.5. The highest BCUT2D eigenvalue weighted by molar-refractivity contribution is 6.26. The van der Waals surface area contributed by atoms with Crippen LogP contribution in [0.2, 0.25) is 0 Å². The minimum Gasteiger partial charge on any atom is -0.352 e. The lowest BCUT2D eigenvalue weighted by molar-refractivity contribution is -0.139. The van der Waals surface area contributed by atoms with Gasteiger partial charge in [-0.25, -0.2) is 0 Å². The van der Waals surface area contributed by atoms with Gasteiger partial charge < -0.3 is 10.2 Å². The SMILES string of the molecule is CC[C@H](C(=O)N[C@@H](C)CC)N(CCc1ccccc1)C(=O)CN1C(=O)c2cccc3cccc1c23. The fraction of sp³-hybridized carbons (Fsp3) is 0.345. The van der Waals surface area contributed by atoms with E-state index in [1.54, 1.807) is 15.9 Å². The number of rotatable bonds is 10. The predicted molar refractivity (Wildman–Crippen MR) is 139 cm³/mol. The van der Waals surface area contributed by atoms with Crippen molar-refractivity contribution in [2.24, 2.45) is 0 Å². The summed E-state index contributed by atoms with van der Waals surface area (Å²) in [4.78, 5) is 43.4. The summed E-state index contributed by atoms with van der Waals surface area (Å²) in [6, 6.07) is 20.7. The van der Waals surface area contributed by atoms with E-state index in [1.165, 1.54) is 0 Å². The molecule has 4 rings (SSSR count). The Kier molecular flexibility index (Phi) is 7.49. The molecule has 0 aliphatic carbocycles. The van der Waals surface area contributed by atoms with Crippen LogP contribution in [0.15, 0.2) is 66.7 Å². The number of carbonyl (C=O) groups excluding carboxylic acids is 3. The van der Waals surface area contributed by atoms with Gasteiger partial charge in [0.1, 0.15) is 12.6 Å². The van der Waals surface area contributed by atoms with Gasteiger partial charge in [0.25, 0.3) is 5.91 Å². The molecule has 3 amide bonds. The molecule has 3 aromatic carbocycles. The van der Waals surface area contributed by atoms with Gasteiger partial charge in [0, 0.05) is 23.5 Å². The van der Waals surface area contributed by atoms with Crippen LogP contribution in [0.3, 0.4) is 0 Å². The van der Waals surface area contributed by atoms with Gasteiger partial charge in [0.05, 0.1) is 5.69 Å². The van der Waals surface area contributed by atoms with E-state index in [0.29, 0.717) is 24.9 Å². The van der Waals surface area contributed by atoms with E-state index in [0.717, 1.165) is 28.4 Å². The Hall–Kier alpha value is -3.67. The number of nitrogens with one attached hydrogen (secondary N) is 1. The average Bonchev–Trinajstić information content (AvgIpc) is 3.14. The molecule has 182 valence electrons. The highest BCUT2D eigenvalue weighted by atomic mass is 16.2. The maximum Gasteiger partial charge on any atom is 0.259 e. The molecule has 1 aliphatic heterocycles. The molecule has 0 bridgehead atoms. The van der Waals surface area contributed by atoms with Gasteiger partial charge in [0.2, 0.25) is 11.8 Å². The molecule has 0 radical (unpaired) electrons. The van der Waals surface area contributed by atoms with Crippen molar-refractivity contribution in [3.05, 3.63) is 77.9 Å². The lowest BCUT2D eigenvalue weighted by atomic mass is 10.1. The molecule has 2 atom stereocenters. The second-order valence-corrected chi connectivity index (χ2v) is 9.14. The van der Waals surface area contributed by atoms with Crippen LogP contribution in [0.5, 0.6) is 0 Å². The van der Waals surface area contributed by atoms with Crippen LogP contribution < -0.4 is 10.2 Å². The van der Waals surface area contributed by atoms with Crippen molar-refractivity contribution in [2.45, 2.75) is 52.1 Å². The number of carbonyl (C=O) groups is 3. The zero-order valence-electron chi connectivity index (χ0n) is 20.7. The Labute approximate surface area is 206 Å². The van der Waals surface area contributed by atoms with Gasteiger partial charge in [0.15, 0.2) is 0 Å². The van der Waals surface area contributed by atoms with Crippen LogP contribution >= 0.6 is 0 Å². The molecule has 0 saturated carbocycles. The van der Waals surface area contributed by atoms with Crippen molar-refractivity contribution in [1.29, 1.82) is 0 Å². The fourth-order valence-corrected chi connectivity index (χ4v) is 4.70. The molecule has 1 N–H and O–H groups in total. The third-order valence-electron chi connectivity index (χ3n) is 6.81. The number of anilines is 1. The number of amides is 3. The summed E-state index contributed by atoms with van der Waals surface area (Å²) >= 11 is 0. The molecule has 0 aromatic heterocycles. The molecule has 6 nitrogen and oxygen atoms in total. The van der Waals surface area contributed by atoms with E-state index in [4.69, 9.17) is 0 Å². The van der Waals surface area contributed by atoms with E-state index in [2.05, 4.69) is 5.32 Å². The normalized spacial score (nSPS) is 14.1. The molecule has 0 spiro atoms. The first-order chi connectivity index (χ1) is 16.9. The summed E-state index contributed by atoms with van der Waals surface area (Å²) in [7, 11) is 0. The average molecular weight is 472 g/mol. The molecule has 0 saturated heterocycles. The fourth-order valence-electron chi connectivity index (χ4n) is 4.70. The van der Waals surface area contributed by atoms with Crippen molar-refractivity contribution in [2.75, 3.05) is 18.0 Å². The van der Waals surface area contributed by atoms with Crippen LogP contribution in [0.1, 0.15) is 49.5 Å². The monoisotopic (exact) mass is 471 g/mol. The molecule has 3 aromatic rings. The summed E-state index contributed by atoms with van der Waals surface area (Å²) in [5, 5.41) is 4.89. The lowest BCUT2D eigenvalue weighted by Gasteiger charge is -2.32. The zero-order chi connectivity index (χ0) is 24.9. The maximum atomic E-state index is 13.7. The minimum atomic E-state index is -0.601. The van der Waals surface area contributed by atoms with E-state index in [-0.39, 0.29) is 30.3 Å². The molecule has 35 heavy (non-hydrogen) atoms. The quantitative estimate of drug-likeness (QED) is 0.471. The first-order valence-corrected chi connectivity index (χ1v) is 12.4. The summed E-state index contributed by atoms with van der Waals surface area (Å²) in [5.41, 5.74) is 2.46. The van der Waals surface area contributed by atoms with Crippen molar-refractivity contribution in [3.63, 3.8) is 0 Å². The Morgan fingerprint density at radius 2 is 1.66 bits per heavy atom. The second kappa shape index (κ2) is 10.7. The topological polar surface area (TPSA) is 69.7 Å². The summed E-state index contributed by atoms with van der Waals surface area (Å²) in [5.74, 6) is -0.558. The van der Waals surface area contributed by atoms with Gasteiger partial charge in [-0.1, -0.05) is 68.4 Å². The molecule has 6 heteroatoms. The zero-order valence-corrected chi connectivity index (χ0v) is 20.7. The summed E-state index contributed by atoms with van der Waals surface area (Å²) < 4.78 is 0. The Morgan fingerprint density at radius 3 is 2.34 bits per heavy atom. The summed E-state index contributed by atoms with van der Waals surface area (Å²) in [6.07, 6.45) is 1.93. The van der Waals surface area contributed by atoms with Gasteiger partial charge in [-0.3, -0.25) is 19.3 Å². The minimum absolute atomic E-state index is 0.0230. The van der Waals surface area contributed by atoms with Crippen molar-refractivity contribution in [1.82, 2.24) is 10.2 Å². The van der Waals surface area contributed by atoms with Crippen molar-refractivity contribution < 1.29 is 14.4 Å². The Morgan fingerprint density at radius 1 is 0.943 bits per heavy atom. The van der Waals surface area contributed by atoms with E-state index >= 15 is 0 Å². The van der Waals surface area contributed by atoms with Crippen molar-refractivity contribution in [3.8, 4) is 0 Å². The summed E-state index contributed by atoms with van der Waals surface area (Å²) in [6.45, 7) is 6.19. The molecular formula is C29H33N3O3. The van der Waals surface area contributed by atoms with E-state index < -0.39 is 6.04 Å². The molecule has 1 heterocycles. The second-order valence-electron chi connectivity index (χ2n) is 9.14. The van der Waals surface area contributed by atoms with Crippen LogP contribution in [0.4, 0.5) is 5.69 Å². The number of hydrogen-bond donors (Lipinski definition) is 1. The molecule has 0 fully saturated rings. The lowest BCUT2D eigenvalue weighted by Crippen LogP contribution is -2.54. The molecule has 0 unspecified atom stereocenters. The largest absolute Gasteiger partial charge is 0.352 e. The van der Waals surface area contributed by atoms with Crippen LogP contribution in [0, 0.1) is 0 Å². The number of hydrogen-bond acceptors (Lipinski definition) is 3. The first-order valence-electron chi connectivity index (χ1n) is 12.4.